The summed E-state index contributed by atoms with van der Waals surface area (Å²) in [7, 11) is 1.65. The van der Waals surface area contributed by atoms with Gasteiger partial charge in [0.1, 0.15) is 5.75 Å². The molecule has 0 aliphatic rings. The summed E-state index contributed by atoms with van der Waals surface area (Å²) >= 11 is 0. The van der Waals surface area contributed by atoms with Gasteiger partial charge >= 0.3 is 5.69 Å². The zero-order chi connectivity index (χ0) is 17.9. The molecule has 0 saturated carbocycles. The number of anilines is 1. The van der Waals surface area contributed by atoms with E-state index in [1.165, 1.54) is 0 Å². The first-order valence-corrected chi connectivity index (χ1v) is 8.12. The molecule has 0 amide bonds. The minimum Gasteiger partial charge on any atom is -0.497 e. The lowest BCUT2D eigenvalue weighted by Gasteiger charge is -2.07. The Balaban J connectivity index is 1.47. The van der Waals surface area contributed by atoms with Crippen LogP contribution < -0.4 is 15.7 Å². The summed E-state index contributed by atoms with van der Waals surface area (Å²) in [5.74, 6) is 1.38. The van der Waals surface area contributed by atoms with Crippen LogP contribution in [0.4, 0.5) is 5.95 Å². The van der Waals surface area contributed by atoms with Crippen LogP contribution in [0, 0.1) is 0 Å². The van der Waals surface area contributed by atoms with Gasteiger partial charge in [-0.3, -0.25) is 0 Å². The molecule has 0 unspecified atom stereocenters. The Morgan fingerprint density at radius 1 is 0.962 bits per heavy atom. The number of H-pyrrole nitrogens is 2. The quantitative estimate of drug-likeness (QED) is 0.516. The Bertz CT molecular complexity index is 1080. The molecule has 7 nitrogen and oxygen atoms in total. The summed E-state index contributed by atoms with van der Waals surface area (Å²) in [5.41, 5.74) is 4.25. The second kappa shape index (κ2) is 6.72. The van der Waals surface area contributed by atoms with E-state index in [1.54, 1.807) is 19.5 Å². The number of nitrogens with one attached hydrogen (secondary N) is 3. The van der Waals surface area contributed by atoms with E-state index < -0.39 is 0 Å². The van der Waals surface area contributed by atoms with E-state index in [1.807, 2.05) is 42.5 Å². The molecular formula is C19H17N5O2. The van der Waals surface area contributed by atoms with Gasteiger partial charge in [-0.05, 0) is 35.4 Å². The summed E-state index contributed by atoms with van der Waals surface area (Å²) < 4.78 is 5.15. The summed E-state index contributed by atoms with van der Waals surface area (Å²) in [4.78, 5) is 25.6. The molecule has 0 atom stereocenters. The fraction of sp³-hybridized carbons (Fsp3) is 0.105. The number of methoxy groups -OCH3 is 1. The van der Waals surface area contributed by atoms with Gasteiger partial charge in [0.2, 0.25) is 5.95 Å². The Kier molecular flexibility index (Phi) is 4.10. The van der Waals surface area contributed by atoms with Crippen LogP contribution in [-0.2, 0) is 6.54 Å². The fourth-order valence-corrected chi connectivity index (χ4v) is 2.71. The Morgan fingerprint density at radius 2 is 1.69 bits per heavy atom. The number of nitrogens with zero attached hydrogens (tertiary/aromatic N) is 2. The van der Waals surface area contributed by atoms with Crippen LogP contribution in [0.3, 0.4) is 0 Å². The average molecular weight is 347 g/mol. The minimum atomic E-state index is -0.216. The Morgan fingerprint density at radius 3 is 2.42 bits per heavy atom. The third-order valence-corrected chi connectivity index (χ3v) is 4.11. The summed E-state index contributed by atoms with van der Waals surface area (Å²) in [6, 6.07) is 13.5. The average Bonchev–Trinajstić information content (AvgIpc) is 3.06. The predicted octanol–water partition coefficient (Wildman–Crippen LogP) is 2.93. The smallest absolute Gasteiger partial charge is 0.323 e. The number of hydrogen-bond acceptors (Lipinski definition) is 5. The van der Waals surface area contributed by atoms with Crippen molar-refractivity contribution in [3.8, 4) is 16.9 Å². The van der Waals surface area contributed by atoms with Crippen molar-refractivity contribution < 1.29 is 4.74 Å². The molecular weight excluding hydrogens is 330 g/mol. The maximum absolute atomic E-state index is 11.4. The molecule has 2 aromatic carbocycles. The molecule has 0 aliphatic carbocycles. The summed E-state index contributed by atoms with van der Waals surface area (Å²) in [6.45, 7) is 0.625. The van der Waals surface area contributed by atoms with Crippen molar-refractivity contribution in [3.05, 3.63) is 70.9 Å². The van der Waals surface area contributed by atoms with Crippen LogP contribution in [0.2, 0.25) is 0 Å². The normalized spacial score (nSPS) is 10.8. The molecule has 2 aromatic heterocycles. The molecule has 0 radical (unpaired) electrons. The minimum absolute atomic E-state index is 0.216. The molecule has 0 fully saturated rings. The monoisotopic (exact) mass is 347 g/mol. The molecule has 2 heterocycles. The van der Waals surface area contributed by atoms with Crippen molar-refractivity contribution in [2.75, 3.05) is 12.4 Å². The third kappa shape index (κ3) is 3.27. The molecule has 0 aliphatic heterocycles. The third-order valence-electron chi connectivity index (χ3n) is 4.11. The van der Waals surface area contributed by atoms with Gasteiger partial charge in [0.05, 0.1) is 18.1 Å². The van der Waals surface area contributed by atoms with Gasteiger partial charge in [0.15, 0.2) is 0 Å². The van der Waals surface area contributed by atoms with E-state index in [0.29, 0.717) is 12.5 Å². The number of aromatic nitrogens is 4. The van der Waals surface area contributed by atoms with Gasteiger partial charge < -0.3 is 20.0 Å². The zero-order valence-corrected chi connectivity index (χ0v) is 14.1. The maximum Gasteiger partial charge on any atom is 0.323 e. The lowest BCUT2D eigenvalue weighted by atomic mass is 10.1. The van der Waals surface area contributed by atoms with Crippen molar-refractivity contribution in [2.24, 2.45) is 0 Å². The number of aromatic amines is 2. The molecule has 4 rings (SSSR count). The largest absolute Gasteiger partial charge is 0.497 e. The van der Waals surface area contributed by atoms with Gasteiger partial charge in [-0.25, -0.2) is 14.8 Å². The highest BCUT2D eigenvalue weighted by Gasteiger charge is 2.04. The van der Waals surface area contributed by atoms with Crippen molar-refractivity contribution in [2.45, 2.75) is 6.54 Å². The van der Waals surface area contributed by atoms with Gasteiger partial charge in [-0.2, -0.15) is 0 Å². The number of rotatable bonds is 5. The van der Waals surface area contributed by atoms with Crippen LogP contribution in [0.5, 0.6) is 5.75 Å². The molecule has 4 aromatic rings. The molecule has 0 saturated heterocycles. The van der Waals surface area contributed by atoms with E-state index in [4.69, 9.17) is 4.74 Å². The highest BCUT2D eigenvalue weighted by atomic mass is 16.5. The van der Waals surface area contributed by atoms with E-state index in [2.05, 4.69) is 25.3 Å². The molecule has 26 heavy (non-hydrogen) atoms. The summed E-state index contributed by atoms with van der Waals surface area (Å²) in [5, 5.41) is 3.19. The first kappa shape index (κ1) is 15.9. The van der Waals surface area contributed by atoms with Crippen LogP contribution in [-0.4, -0.2) is 27.0 Å². The van der Waals surface area contributed by atoms with Crippen molar-refractivity contribution in [1.29, 1.82) is 0 Å². The number of hydrogen-bond donors (Lipinski definition) is 3. The maximum atomic E-state index is 11.4. The van der Waals surface area contributed by atoms with Gasteiger partial charge in [0, 0.05) is 24.5 Å². The van der Waals surface area contributed by atoms with Gasteiger partial charge in [-0.15, -0.1) is 0 Å². The standard InChI is InChI=1S/C19H17N5O2/c1-26-15-5-2-12(3-6-15)9-20-18-21-10-14(11-22-18)13-4-7-16-17(8-13)24-19(25)23-16/h2-8,10-11H,9H2,1H3,(H,20,21,22)(H2,23,24,25). The number of fused-ring (bicyclic) bond motifs is 1. The number of ether oxygens (including phenoxy) is 1. The van der Waals surface area contributed by atoms with Crippen LogP contribution >= 0.6 is 0 Å². The van der Waals surface area contributed by atoms with Crippen LogP contribution in [0.25, 0.3) is 22.2 Å². The number of benzene rings is 2. The Labute approximate surface area is 149 Å². The highest BCUT2D eigenvalue weighted by Crippen LogP contribution is 2.21. The highest BCUT2D eigenvalue weighted by molar-refractivity contribution is 5.81. The SMILES string of the molecule is COc1ccc(CNc2ncc(-c3ccc4[nH]c(=O)[nH]c4c3)cn2)cc1. The first-order chi connectivity index (χ1) is 12.7. The fourth-order valence-electron chi connectivity index (χ4n) is 2.71. The first-order valence-electron chi connectivity index (χ1n) is 8.12. The molecule has 3 N–H and O–H groups in total. The molecule has 0 bridgehead atoms. The number of imidazole rings is 1. The topological polar surface area (TPSA) is 95.7 Å². The zero-order valence-electron chi connectivity index (χ0n) is 14.1. The van der Waals surface area contributed by atoms with Crippen molar-refractivity contribution in [1.82, 2.24) is 19.9 Å². The molecule has 130 valence electrons. The lowest BCUT2D eigenvalue weighted by molar-refractivity contribution is 0.414. The van der Waals surface area contributed by atoms with Crippen molar-refractivity contribution >= 4 is 17.0 Å². The van der Waals surface area contributed by atoms with E-state index in [0.717, 1.165) is 33.5 Å². The summed E-state index contributed by atoms with van der Waals surface area (Å²) in [6.07, 6.45) is 3.52. The van der Waals surface area contributed by atoms with Gasteiger partial charge in [0.25, 0.3) is 0 Å². The second-order valence-electron chi connectivity index (χ2n) is 5.84. The lowest BCUT2D eigenvalue weighted by Crippen LogP contribution is -2.03. The van der Waals surface area contributed by atoms with Crippen LogP contribution in [0.15, 0.2) is 59.7 Å². The van der Waals surface area contributed by atoms with Gasteiger partial charge in [-0.1, -0.05) is 18.2 Å². The van der Waals surface area contributed by atoms with E-state index in [-0.39, 0.29) is 5.69 Å². The van der Waals surface area contributed by atoms with E-state index >= 15 is 0 Å². The Hall–Kier alpha value is -3.61. The van der Waals surface area contributed by atoms with Crippen LogP contribution in [0.1, 0.15) is 5.56 Å². The predicted molar refractivity (Wildman–Crippen MR) is 100 cm³/mol. The van der Waals surface area contributed by atoms with E-state index in [9.17, 15) is 4.79 Å². The molecule has 0 spiro atoms. The molecule has 7 heteroatoms. The van der Waals surface area contributed by atoms with Crippen molar-refractivity contribution in [3.63, 3.8) is 0 Å². The second-order valence-corrected chi connectivity index (χ2v) is 5.84.